The van der Waals surface area contributed by atoms with E-state index in [-0.39, 0.29) is 18.9 Å². The van der Waals surface area contributed by atoms with Crippen LogP contribution in [0.1, 0.15) is 23.2 Å². The highest BCUT2D eigenvalue weighted by atomic mass is 16.5. The number of para-hydroxylation sites is 1. The summed E-state index contributed by atoms with van der Waals surface area (Å²) in [6, 6.07) is 16.1. The number of hydrogen-bond donors (Lipinski definition) is 2. The van der Waals surface area contributed by atoms with Gasteiger partial charge < -0.3 is 20.5 Å². The van der Waals surface area contributed by atoms with Crippen molar-refractivity contribution in [1.82, 2.24) is 4.90 Å². The smallest absolute Gasteiger partial charge is 0.254 e. The molecule has 1 aliphatic heterocycles. The number of carbonyl (C=O) groups is 2. The van der Waals surface area contributed by atoms with E-state index in [0.29, 0.717) is 30.0 Å². The number of benzene rings is 2. The standard InChI is InChI=1S/C19H20N2O4/c20-18(23)19(24)10-5-11-21(13-19)17(22)14-6-4-9-16(12-14)25-15-7-2-1-3-8-15/h1-4,6-9,12,24H,5,10-11,13H2,(H2,20,23)/t19-/m0/s1. The first kappa shape index (κ1) is 17.0. The average molecular weight is 340 g/mol. The van der Waals surface area contributed by atoms with Crippen LogP contribution in [0.15, 0.2) is 54.6 Å². The molecule has 1 heterocycles. The van der Waals surface area contributed by atoms with Crippen LogP contribution in [0.2, 0.25) is 0 Å². The van der Waals surface area contributed by atoms with E-state index in [1.807, 2.05) is 30.3 Å². The van der Waals surface area contributed by atoms with Crippen LogP contribution in [0.3, 0.4) is 0 Å². The molecule has 1 atom stereocenters. The van der Waals surface area contributed by atoms with Crippen molar-refractivity contribution in [2.75, 3.05) is 13.1 Å². The lowest BCUT2D eigenvalue weighted by atomic mass is 9.92. The van der Waals surface area contributed by atoms with Gasteiger partial charge in [-0.3, -0.25) is 9.59 Å². The Kier molecular flexibility index (Phi) is 4.72. The number of nitrogens with two attached hydrogens (primary N) is 1. The Hall–Kier alpha value is -2.86. The minimum absolute atomic E-state index is 0.0923. The molecule has 2 aromatic carbocycles. The first-order valence-corrected chi connectivity index (χ1v) is 8.12. The molecular formula is C19H20N2O4. The fourth-order valence-electron chi connectivity index (χ4n) is 2.91. The Morgan fingerprint density at radius 2 is 1.80 bits per heavy atom. The third-order valence-electron chi connectivity index (χ3n) is 4.28. The van der Waals surface area contributed by atoms with Crippen molar-refractivity contribution < 1.29 is 19.4 Å². The van der Waals surface area contributed by atoms with E-state index in [1.165, 1.54) is 4.90 Å². The Morgan fingerprint density at radius 3 is 2.52 bits per heavy atom. The van der Waals surface area contributed by atoms with E-state index < -0.39 is 11.5 Å². The molecule has 0 saturated carbocycles. The third-order valence-corrected chi connectivity index (χ3v) is 4.28. The molecule has 0 unspecified atom stereocenters. The fourth-order valence-corrected chi connectivity index (χ4v) is 2.91. The van der Waals surface area contributed by atoms with Gasteiger partial charge in [-0.1, -0.05) is 24.3 Å². The zero-order valence-corrected chi connectivity index (χ0v) is 13.7. The van der Waals surface area contributed by atoms with Crippen LogP contribution < -0.4 is 10.5 Å². The lowest BCUT2D eigenvalue weighted by molar-refractivity contribution is -0.140. The summed E-state index contributed by atoms with van der Waals surface area (Å²) in [6.07, 6.45) is 0.786. The van der Waals surface area contributed by atoms with Crippen LogP contribution in [0.4, 0.5) is 0 Å². The molecule has 0 aliphatic carbocycles. The maximum Gasteiger partial charge on any atom is 0.254 e. The molecule has 2 aromatic rings. The summed E-state index contributed by atoms with van der Waals surface area (Å²) in [7, 11) is 0. The Morgan fingerprint density at radius 1 is 1.08 bits per heavy atom. The van der Waals surface area contributed by atoms with E-state index in [4.69, 9.17) is 10.5 Å². The number of rotatable bonds is 4. The van der Waals surface area contributed by atoms with Crippen LogP contribution in [0, 0.1) is 0 Å². The van der Waals surface area contributed by atoms with E-state index >= 15 is 0 Å². The van der Waals surface area contributed by atoms with Gasteiger partial charge in [0, 0.05) is 12.1 Å². The Bertz CT molecular complexity index is 778. The number of amides is 2. The minimum atomic E-state index is -1.66. The summed E-state index contributed by atoms with van der Waals surface area (Å²) in [5.74, 6) is 0.149. The molecule has 2 amide bonds. The van der Waals surface area contributed by atoms with Crippen molar-refractivity contribution >= 4 is 11.8 Å². The van der Waals surface area contributed by atoms with Crippen molar-refractivity contribution in [1.29, 1.82) is 0 Å². The largest absolute Gasteiger partial charge is 0.457 e. The Balaban J connectivity index is 1.76. The fraction of sp³-hybridized carbons (Fsp3) is 0.263. The lowest BCUT2D eigenvalue weighted by Gasteiger charge is -2.37. The minimum Gasteiger partial charge on any atom is -0.457 e. The lowest BCUT2D eigenvalue weighted by Crippen LogP contribution is -2.57. The van der Waals surface area contributed by atoms with Gasteiger partial charge in [0.15, 0.2) is 5.60 Å². The van der Waals surface area contributed by atoms with Crippen molar-refractivity contribution in [2.45, 2.75) is 18.4 Å². The second kappa shape index (κ2) is 6.94. The van der Waals surface area contributed by atoms with Gasteiger partial charge in [0.05, 0.1) is 6.54 Å². The van der Waals surface area contributed by atoms with E-state index in [0.717, 1.165) is 0 Å². The van der Waals surface area contributed by atoms with Crippen LogP contribution in [-0.2, 0) is 4.79 Å². The maximum atomic E-state index is 12.7. The number of nitrogens with zero attached hydrogens (tertiary/aromatic N) is 1. The van der Waals surface area contributed by atoms with Gasteiger partial charge in [0.1, 0.15) is 11.5 Å². The summed E-state index contributed by atoms with van der Waals surface area (Å²) < 4.78 is 5.74. The van der Waals surface area contributed by atoms with Gasteiger partial charge in [-0.15, -0.1) is 0 Å². The van der Waals surface area contributed by atoms with E-state index in [1.54, 1.807) is 24.3 Å². The summed E-state index contributed by atoms with van der Waals surface area (Å²) in [6.45, 7) is 0.378. The van der Waals surface area contributed by atoms with Crippen molar-refractivity contribution in [3.8, 4) is 11.5 Å². The zero-order valence-electron chi connectivity index (χ0n) is 13.7. The summed E-state index contributed by atoms with van der Waals surface area (Å²) in [4.78, 5) is 25.6. The second-order valence-electron chi connectivity index (χ2n) is 6.17. The van der Waals surface area contributed by atoms with Crippen molar-refractivity contribution in [3.05, 3.63) is 60.2 Å². The molecular weight excluding hydrogens is 320 g/mol. The number of β-amino-alcohol motifs (C(OH)–C–C–N with tert-alkyl or cyclic N) is 1. The second-order valence-corrected chi connectivity index (χ2v) is 6.17. The number of likely N-dealkylation sites (tertiary alicyclic amines) is 1. The van der Waals surface area contributed by atoms with Gasteiger partial charge >= 0.3 is 0 Å². The van der Waals surface area contributed by atoms with Gasteiger partial charge in [-0.05, 0) is 43.2 Å². The molecule has 0 spiro atoms. The summed E-state index contributed by atoms with van der Waals surface area (Å²) in [5.41, 5.74) is 4.04. The van der Waals surface area contributed by atoms with Gasteiger partial charge in [0.25, 0.3) is 11.8 Å². The maximum absolute atomic E-state index is 12.7. The number of hydrogen-bond acceptors (Lipinski definition) is 4. The molecule has 0 radical (unpaired) electrons. The van der Waals surface area contributed by atoms with Crippen LogP contribution in [-0.4, -0.2) is 40.5 Å². The molecule has 3 rings (SSSR count). The van der Waals surface area contributed by atoms with Gasteiger partial charge in [0.2, 0.25) is 0 Å². The molecule has 3 N–H and O–H groups in total. The number of piperidine rings is 1. The molecule has 1 saturated heterocycles. The number of aliphatic hydroxyl groups is 1. The molecule has 130 valence electrons. The molecule has 0 bridgehead atoms. The van der Waals surface area contributed by atoms with E-state index in [2.05, 4.69) is 0 Å². The summed E-state index contributed by atoms with van der Waals surface area (Å²) >= 11 is 0. The highest BCUT2D eigenvalue weighted by Gasteiger charge is 2.40. The highest BCUT2D eigenvalue weighted by molar-refractivity contribution is 5.95. The SMILES string of the molecule is NC(=O)[C@]1(O)CCCN(C(=O)c2cccc(Oc3ccccc3)c2)C1. The van der Waals surface area contributed by atoms with Gasteiger partial charge in [-0.2, -0.15) is 0 Å². The Labute approximate surface area is 145 Å². The van der Waals surface area contributed by atoms with Crippen LogP contribution >= 0.6 is 0 Å². The monoisotopic (exact) mass is 340 g/mol. The van der Waals surface area contributed by atoms with Gasteiger partial charge in [-0.25, -0.2) is 0 Å². The first-order valence-electron chi connectivity index (χ1n) is 8.12. The predicted octanol–water partition coefficient (Wildman–Crippen LogP) is 1.93. The molecule has 1 fully saturated rings. The zero-order chi connectivity index (χ0) is 17.9. The van der Waals surface area contributed by atoms with Crippen LogP contribution in [0.5, 0.6) is 11.5 Å². The quantitative estimate of drug-likeness (QED) is 0.889. The van der Waals surface area contributed by atoms with Crippen LogP contribution in [0.25, 0.3) is 0 Å². The highest BCUT2D eigenvalue weighted by Crippen LogP contribution is 2.25. The molecule has 6 nitrogen and oxygen atoms in total. The third kappa shape index (κ3) is 3.80. The predicted molar refractivity (Wildman–Crippen MR) is 92.2 cm³/mol. The molecule has 6 heteroatoms. The topological polar surface area (TPSA) is 92.9 Å². The van der Waals surface area contributed by atoms with Crippen molar-refractivity contribution in [2.24, 2.45) is 5.73 Å². The first-order chi connectivity index (χ1) is 12.0. The van der Waals surface area contributed by atoms with E-state index in [9.17, 15) is 14.7 Å². The summed E-state index contributed by atoms with van der Waals surface area (Å²) in [5, 5.41) is 10.3. The number of primary amides is 1. The normalized spacial score (nSPS) is 20.1. The number of ether oxygens (including phenoxy) is 1. The number of carbonyl (C=O) groups excluding carboxylic acids is 2. The average Bonchev–Trinajstić information content (AvgIpc) is 2.62. The van der Waals surface area contributed by atoms with Crippen molar-refractivity contribution in [3.63, 3.8) is 0 Å². The molecule has 25 heavy (non-hydrogen) atoms. The molecule has 1 aliphatic rings. The molecule has 0 aromatic heterocycles.